The van der Waals surface area contributed by atoms with E-state index in [0.29, 0.717) is 0 Å². The van der Waals surface area contributed by atoms with Crippen LogP contribution >= 0.6 is 0 Å². The van der Waals surface area contributed by atoms with Gasteiger partial charge in [-0.05, 0) is 35.8 Å². The molecule has 0 radical (unpaired) electrons. The fourth-order valence-electron chi connectivity index (χ4n) is 0.837. The molecule has 0 aliphatic heterocycles. The molecule has 0 spiro atoms. The van der Waals surface area contributed by atoms with E-state index < -0.39 is 5.91 Å². The first kappa shape index (κ1) is 11.2. The number of anilines is 1. The third kappa shape index (κ3) is 4.42. The molecule has 0 aliphatic rings. The lowest BCUT2D eigenvalue weighted by Crippen LogP contribution is -2.27. The molecule has 0 bridgehead atoms. The molecule has 0 aliphatic carbocycles. The molecule has 0 unspecified atom stereocenters. The standard InChI is InChI=1S/C13H8N2O/c1-2-3-4-8-11-13(16)15-14-12-9-6-5-7-10-12/h1,5-7,9-10,14H,(H,15,16). The van der Waals surface area contributed by atoms with Gasteiger partial charge in [0.25, 0.3) is 0 Å². The van der Waals surface area contributed by atoms with E-state index in [1.54, 1.807) is 0 Å². The van der Waals surface area contributed by atoms with Crippen LogP contribution in [0.5, 0.6) is 0 Å². The Morgan fingerprint density at radius 1 is 1.12 bits per heavy atom. The van der Waals surface area contributed by atoms with Crippen molar-refractivity contribution in [3.05, 3.63) is 30.3 Å². The van der Waals surface area contributed by atoms with Gasteiger partial charge in [0, 0.05) is 5.92 Å². The van der Waals surface area contributed by atoms with Crippen LogP contribution in [0.15, 0.2) is 30.3 Å². The molecule has 3 heteroatoms. The van der Waals surface area contributed by atoms with Gasteiger partial charge in [0.05, 0.1) is 5.69 Å². The molecule has 1 amide bonds. The highest BCUT2D eigenvalue weighted by Crippen LogP contribution is 2.01. The van der Waals surface area contributed by atoms with Crippen LogP contribution in [0.2, 0.25) is 0 Å². The third-order valence-electron chi connectivity index (χ3n) is 1.47. The van der Waals surface area contributed by atoms with E-state index in [1.807, 2.05) is 30.3 Å². The summed E-state index contributed by atoms with van der Waals surface area (Å²) in [5.41, 5.74) is 5.86. The minimum absolute atomic E-state index is 0.477. The van der Waals surface area contributed by atoms with Crippen LogP contribution in [-0.2, 0) is 4.79 Å². The lowest BCUT2D eigenvalue weighted by atomic mass is 10.3. The van der Waals surface area contributed by atoms with Gasteiger partial charge in [-0.2, -0.15) is 0 Å². The number of carbonyl (C=O) groups excluding carboxylic acids is 1. The van der Waals surface area contributed by atoms with Crippen LogP contribution in [-0.4, -0.2) is 5.91 Å². The number of terminal acetylenes is 1. The minimum atomic E-state index is -0.477. The van der Waals surface area contributed by atoms with E-state index in [1.165, 1.54) is 0 Å². The smallest absolute Gasteiger partial charge is 0.298 e. The number of carbonyl (C=O) groups is 1. The molecule has 0 saturated heterocycles. The summed E-state index contributed by atoms with van der Waals surface area (Å²) in [6.45, 7) is 0. The number of hydrogen-bond donors (Lipinski definition) is 2. The van der Waals surface area contributed by atoms with Crippen LogP contribution in [0, 0.1) is 36.0 Å². The van der Waals surface area contributed by atoms with Gasteiger partial charge in [-0.1, -0.05) is 18.2 Å². The van der Waals surface area contributed by atoms with E-state index in [-0.39, 0.29) is 0 Å². The fraction of sp³-hybridized carbons (Fsp3) is 0. The van der Waals surface area contributed by atoms with Gasteiger partial charge in [-0.25, -0.2) is 0 Å². The second-order valence-electron chi connectivity index (χ2n) is 2.59. The Labute approximate surface area is 94.2 Å². The highest BCUT2D eigenvalue weighted by atomic mass is 16.2. The molecule has 1 rings (SSSR count). The summed E-state index contributed by atoms with van der Waals surface area (Å²) < 4.78 is 0. The number of benzene rings is 1. The summed E-state index contributed by atoms with van der Waals surface area (Å²) >= 11 is 0. The number of amides is 1. The molecular formula is C13H8N2O. The molecule has 1 aromatic rings. The minimum Gasteiger partial charge on any atom is -0.298 e. The van der Waals surface area contributed by atoms with Gasteiger partial charge >= 0.3 is 5.91 Å². The average molecular weight is 208 g/mol. The van der Waals surface area contributed by atoms with E-state index >= 15 is 0 Å². The molecule has 0 saturated carbocycles. The van der Waals surface area contributed by atoms with Gasteiger partial charge in [-0.15, -0.1) is 6.42 Å². The number of hydrogen-bond acceptors (Lipinski definition) is 2. The average Bonchev–Trinajstić information content (AvgIpc) is 2.33. The van der Waals surface area contributed by atoms with Crippen LogP contribution in [0.1, 0.15) is 0 Å². The molecule has 1 aromatic carbocycles. The van der Waals surface area contributed by atoms with Gasteiger partial charge < -0.3 is 0 Å². The normalized spacial score (nSPS) is 7.19. The zero-order valence-electron chi connectivity index (χ0n) is 8.37. The van der Waals surface area contributed by atoms with Crippen LogP contribution < -0.4 is 10.9 Å². The summed E-state index contributed by atoms with van der Waals surface area (Å²) in [6, 6.07) is 9.19. The van der Waals surface area contributed by atoms with Gasteiger partial charge in [0.2, 0.25) is 0 Å². The molecule has 16 heavy (non-hydrogen) atoms. The van der Waals surface area contributed by atoms with Crippen LogP contribution in [0.25, 0.3) is 0 Å². The van der Waals surface area contributed by atoms with Crippen molar-refractivity contribution in [3.63, 3.8) is 0 Å². The Kier molecular flexibility index (Phi) is 4.64. The van der Waals surface area contributed by atoms with Crippen molar-refractivity contribution in [1.82, 2.24) is 5.43 Å². The second-order valence-corrected chi connectivity index (χ2v) is 2.59. The summed E-state index contributed by atoms with van der Waals surface area (Å²) in [5.74, 6) is 10.8. The molecule has 0 fully saturated rings. The molecule has 0 heterocycles. The first-order valence-corrected chi connectivity index (χ1v) is 4.40. The number of nitrogens with one attached hydrogen (secondary N) is 2. The second kappa shape index (κ2) is 6.60. The van der Waals surface area contributed by atoms with Gasteiger partial charge in [0.15, 0.2) is 0 Å². The third-order valence-corrected chi connectivity index (χ3v) is 1.47. The Hall–Kier alpha value is -2.83. The van der Waals surface area contributed by atoms with Gasteiger partial charge in [0.1, 0.15) is 0 Å². The molecular weight excluding hydrogens is 200 g/mol. The highest BCUT2D eigenvalue weighted by Gasteiger charge is 1.92. The molecule has 0 atom stereocenters. The Bertz CT molecular complexity index is 518. The molecule has 0 aromatic heterocycles. The first-order valence-electron chi connectivity index (χ1n) is 4.40. The number of hydrazine groups is 1. The van der Waals surface area contributed by atoms with Crippen molar-refractivity contribution in [1.29, 1.82) is 0 Å². The topological polar surface area (TPSA) is 41.1 Å². The monoisotopic (exact) mass is 208 g/mol. The summed E-state index contributed by atoms with van der Waals surface area (Å²) in [4.78, 5) is 11.1. The van der Waals surface area contributed by atoms with Crippen LogP contribution in [0.4, 0.5) is 5.69 Å². The van der Waals surface area contributed by atoms with Gasteiger partial charge in [-0.3, -0.25) is 15.6 Å². The molecule has 2 N–H and O–H groups in total. The van der Waals surface area contributed by atoms with Crippen molar-refractivity contribution in [2.45, 2.75) is 0 Å². The van der Waals surface area contributed by atoms with Crippen molar-refractivity contribution in [3.8, 4) is 36.0 Å². The fourth-order valence-corrected chi connectivity index (χ4v) is 0.837. The predicted octanol–water partition coefficient (Wildman–Crippen LogP) is 0.770. The van der Waals surface area contributed by atoms with Crippen molar-refractivity contribution in [2.24, 2.45) is 0 Å². The van der Waals surface area contributed by atoms with E-state index in [9.17, 15) is 4.79 Å². The summed E-state index contributed by atoms with van der Waals surface area (Å²) in [7, 11) is 0. The van der Waals surface area contributed by atoms with E-state index in [2.05, 4.69) is 40.5 Å². The maximum Gasteiger partial charge on any atom is 0.315 e. The zero-order valence-corrected chi connectivity index (χ0v) is 8.37. The quantitative estimate of drug-likeness (QED) is 0.556. The van der Waals surface area contributed by atoms with Crippen molar-refractivity contribution in [2.75, 3.05) is 5.43 Å². The highest BCUT2D eigenvalue weighted by molar-refractivity contribution is 5.94. The van der Waals surface area contributed by atoms with E-state index in [4.69, 9.17) is 6.42 Å². The van der Waals surface area contributed by atoms with Crippen molar-refractivity contribution < 1.29 is 4.79 Å². The molecule has 76 valence electrons. The largest absolute Gasteiger partial charge is 0.315 e. The van der Waals surface area contributed by atoms with Crippen molar-refractivity contribution >= 4 is 11.6 Å². The SMILES string of the molecule is C#CC#CC#CC(=O)NNc1ccccc1. The Morgan fingerprint density at radius 2 is 1.88 bits per heavy atom. The number of rotatable bonds is 2. The lowest BCUT2D eigenvalue weighted by molar-refractivity contribution is -0.115. The summed E-state index contributed by atoms with van der Waals surface area (Å²) in [5, 5.41) is 0. The lowest BCUT2D eigenvalue weighted by Gasteiger charge is -2.03. The predicted molar refractivity (Wildman–Crippen MR) is 62.6 cm³/mol. The van der Waals surface area contributed by atoms with Crippen LogP contribution in [0.3, 0.4) is 0 Å². The molecule has 3 nitrogen and oxygen atoms in total. The Balaban J connectivity index is 2.42. The number of para-hydroxylation sites is 1. The first-order chi connectivity index (χ1) is 7.83. The Morgan fingerprint density at radius 3 is 2.56 bits per heavy atom. The summed E-state index contributed by atoms with van der Waals surface area (Å²) in [6.07, 6.45) is 4.88. The zero-order chi connectivity index (χ0) is 11.6. The maximum atomic E-state index is 11.1. The maximum absolute atomic E-state index is 11.1. The van der Waals surface area contributed by atoms with E-state index in [0.717, 1.165) is 5.69 Å².